The SMILES string of the molecule is CP(C)C[C]([Hf][C]1=CC=CC1)(c1ccccc1)c1ccccc1.Cl.Cl.Cl. The average molecular weight is 594 g/mol. The number of hydrogen-bond acceptors (Lipinski definition) is 0. The predicted molar refractivity (Wildman–Crippen MR) is 121 cm³/mol. The van der Waals surface area contributed by atoms with E-state index in [-0.39, 0.29) is 48.3 Å². The fraction of sp³-hybridized carbons (Fsp3) is 0.238. The van der Waals surface area contributed by atoms with Gasteiger partial charge >= 0.3 is 153 Å². The molecule has 1 aliphatic rings. The van der Waals surface area contributed by atoms with Crippen molar-refractivity contribution in [2.75, 3.05) is 19.5 Å². The van der Waals surface area contributed by atoms with Gasteiger partial charge in [0.2, 0.25) is 0 Å². The standard InChI is InChI=1S/C16H18P.C5H5.3ClH.Hf/c1-17(2)13-16(14-9-5-3-6-10-14)15-11-7-4-8-12-15;1-2-4-5-3-1;;;;/h3-12H,13H2,1-2H3;1-3H,4H2;3*1H;. The van der Waals surface area contributed by atoms with E-state index in [4.69, 9.17) is 0 Å². The Labute approximate surface area is 189 Å². The van der Waals surface area contributed by atoms with Crippen LogP contribution in [0.25, 0.3) is 0 Å². The summed E-state index contributed by atoms with van der Waals surface area (Å²) in [5.74, 6) is 0. The van der Waals surface area contributed by atoms with Crippen LogP contribution in [0.5, 0.6) is 0 Å². The van der Waals surface area contributed by atoms with E-state index in [1.807, 2.05) is 0 Å². The van der Waals surface area contributed by atoms with Gasteiger partial charge in [0, 0.05) is 0 Å². The molecule has 0 aromatic heterocycles. The summed E-state index contributed by atoms with van der Waals surface area (Å²) in [5.41, 5.74) is 3.08. The van der Waals surface area contributed by atoms with Gasteiger partial charge in [-0.05, 0) is 0 Å². The minimum Gasteiger partial charge on any atom is -0.147 e. The first kappa shape index (κ1) is 26.1. The van der Waals surface area contributed by atoms with E-state index < -0.39 is 22.9 Å². The first-order chi connectivity index (χ1) is 11.2. The van der Waals surface area contributed by atoms with Crippen LogP contribution in [0.3, 0.4) is 0 Å². The maximum atomic E-state index is 2.43. The third-order valence-electron chi connectivity index (χ3n) is 4.23. The van der Waals surface area contributed by atoms with Gasteiger partial charge in [0.15, 0.2) is 0 Å². The molecule has 0 saturated carbocycles. The molecule has 0 amide bonds. The van der Waals surface area contributed by atoms with Crippen molar-refractivity contribution in [1.29, 1.82) is 0 Å². The molecule has 0 unspecified atom stereocenters. The Morgan fingerprint density at radius 3 is 1.73 bits per heavy atom. The van der Waals surface area contributed by atoms with Gasteiger partial charge in [-0.15, -0.1) is 37.2 Å². The quantitative estimate of drug-likeness (QED) is 0.253. The van der Waals surface area contributed by atoms with Gasteiger partial charge in [-0.25, -0.2) is 0 Å². The van der Waals surface area contributed by atoms with E-state index in [1.54, 1.807) is 14.5 Å². The summed E-state index contributed by atoms with van der Waals surface area (Å²) in [7, 11) is 0.0451. The molecule has 0 fully saturated rings. The van der Waals surface area contributed by atoms with E-state index in [2.05, 4.69) is 92.2 Å². The number of rotatable bonds is 6. The Kier molecular flexibility index (Phi) is 12.6. The van der Waals surface area contributed by atoms with Crippen molar-refractivity contribution in [3.8, 4) is 0 Å². The van der Waals surface area contributed by atoms with E-state index in [0.29, 0.717) is 0 Å². The summed E-state index contributed by atoms with van der Waals surface area (Å²) in [6, 6.07) is 22.6. The monoisotopic (exact) mass is 594 g/mol. The molecule has 0 bridgehead atoms. The molecule has 0 nitrogen and oxygen atoms in total. The molecule has 0 aliphatic heterocycles. The van der Waals surface area contributed by atoms with Gasteiger partial charge in [0.25, 0.3) is 0 Å². The second kappa shape index (κ2) is 12.5. The third kappa shape index (κ3) is 6.32. The van der Waals surface area contributed by atoms with E-state index >= 15 is 0 Å². The zero-order valence-electron chi connectivity index (χ0n) is 15.1. The van der Waals surface area contributed by atoms with Crippen LogP contribution in [0.1, 0.15) is 17.5 Å². The van der Waals surface area contributed by atoms with Crippen LogP contribution in [0, 0.1) is 0 Å². The topological polar surface area (TPSA) is 0 Å². The second-order valence-corrected chi connectivity index (χ2v) is 15.1. The summed E-state index contributed by atoms with van der Waals surface area (Å²) in [4.78, 5) is 0. The maximum Gasteiger partial charge on any atom is -0.147 e. The van der Waals surface area contributed by atoms with Crippen LogP contribution < -0.4 is 0 Å². The Bertz CT molecular complexity index is 660. The van der Waals surface area contributed by atoms with Crippen LogP contribution in [0.15, 0.2) is 82.2 Å². The van der Waals surface area contributed by atoms with Gasteiger partial charge in [0.1, 0.15) is 0 Å². The molecule has 0 saturated heterocycles. The van der Waals surface area contributed by atoms with Crippen LogP contribution in [0.2, 0.25) is 0 Å². The van der Waals surface area contributed by atoms with Gasteiger partial charge in [0.05, 0.1) is 0 Å². The van der Waals surface area contributed by atoms with Gasteiger partial charge in [-0.3, -0.25) is 0 Å². The molecule has 3 rings (SSSR count). The number of benzene rings is 2. The molecule has 5 heteroatoms. The molecule has 0 spiro atoms. The normalized spacial score (nSPS) is 12.5. The van der Waals surface area contributed by atoms with Gasteiger partial charge < -0.3 is 0 Å². The summed E-state index contributed by atoms with van der Waals surface area (Å²) in [6.45, 7) is 4.86. The molecule has 0 N–H and O–H groups in total. The molecule has 26 heavy (non-hydrogen) atoms. The molecular formula is C21H26Cl3HfP. The van der Waals surface area contributed by atoms with Crippen molar-refractivity contribution < 1.29 is 22.9 Å². The molecule has 0 atom stereocenters. The minimum absolute atomic E-state index is 0. The van der Waals surface area contributed by atoms with Crippen LogP contribution in [-0.2, 0) is 26.1 Å². The predicted octanol–water partition coefficient (Wildman–Crippen LogP) is 6.86. The van der Waals surface area contributed by atoms with Crippen molar-refractivity contribution in [3.63, 3.8) is 0 Å². The fourth-order valence-corrected chi connectivity index (χ4v) is 14.6. The zero-order valence-corrected chi connectivity index (χ0v) is 22.0. The minimum atomic E-state index is -1.05. The second-order valence-electron chi connectivity index (χ2n) is 6.32. The molecular weight excluding hydrogens is 568 g/mol. The molecule has 140 valence electrons. The smallest absolute Gasteiger partial charge is 0.147 e. The van der Waals surface area contributed by atoms with Crippen molar-refractivity contribution >= 4 is 45.1 Å². The molecule has 0 radical (unpaired) electrons. The van der Waals surface area contributed by atoms with E-state index in [9.17, 15) is 0 Å². The van der Waals surface area contributed by atoms with Crippen LogP contribution in [-0.4, -0.2) is 19.5 Å². The summed E-state index contributed by atoms with van der Waals surface area (Å²) >= 11 is -1.05. The average Bonchev–Trinajstić information content (AvgIpc) is 3.08. The zero-order chi connectivity index (χ0) is 16.1. The molecule has 1 aliphatic carbocycles. The van der Waals surface area contributed by atoms with Crippen LogP contribution >= 0.6 is 45.1 Å². The number of halogens is 3. The van der Waals surface area contributed by atoms with Crippen molar-refractivity contribution in [2.24, 2.45) is 0 Å². The molecule has 0 heterocycles. The van der Waals surface area contributed by atoms with Crippen molar-refractivity contribution in [2.45, 2.75) is 9.59 Å². The molecule has 2 aromatic carbocycles. The Morgan fingerprint density at radius 1 is 0.846 bits per heavy atom. The van der Waals surface area contributed by atoms with E-state index in [0.717, 1.165) is 0 Å². The maximum absolute atomic E-state index is 2.43. The fourth-order valence-electron chi connectivity index (χ4n) is 3.27. The largest absolute Gasteiger partial charge is 0.147 e. The summed E-state index contributed by atoms with van der Waals surface area (Å²) in [5, 5.41) is 0. The van der Waals surface area contributed by atoms with Gasteiger partial charge in [-0.1, -0.05) is 0 Å². The van der Waals surface area contributed by atoms with Crippen LogP contribution in [0.4, 0.5) is 0 Å². The van der Waals surface area contributed by atoms with Crippen molar-refractivity contribution in [1.82, 2.24) is 0 Å². The van der Waals surface area contributed by atoms with E-state index in [1.165, 1.54) is 12.6 Å². The summed E-state index contributed by atoms with van der Waals surface area (Å²) < 4.78 is 2.03. The molecule has 2 aromatic rings. The number of allylic oxidation sites excluding steroid dienone is 4. The Morgan fingerprint density at radius 2 is 1.35 bits per heavy atom. The first-order valence-electron chi connectivity index (χ1n) is 8.10. The first-order valence-corrected chi connectivity index (χ1v) is 14.1. The van der Waals surface area contributed by atoms with Crippen molar-refractivity contribution in [3.05, 3.63) is 93.3 Å². The van der Waals surface area contributed by atoms with Gasteiger partial charge in [-0.2, -0.15) is 0 Å². The number of hydrogen-bond donors (Lipinski definition) is 0. The third-order valence-corrected chi connectivity index (χ3v) is 13.1. The Hall–Kier alpha value is 0.0901. The summed E-state index contributed by atoms with van der Waals surface area (Å²) in [6.07, 6.45) is 9.48. The Balaban J connectivity index is 0.00000208.